The Balaban J connectivity index is 3.03. The summed E-state index contributed by atoms with van der Waals surface area (Å²) < 4.78 is 27.6. The standard InChI is InChI=1S/C12H16BrF2N/c1-3-4-7(2)12(16)11-9(14)5-8(13)6-10(11)15/h5-7,12H,3-4,16H2,1-2H3. The summed E-state index contributed by atoms with van der Waals surface area (Å²) >= 11 is 3.04. The summed E-state index contributed by atoms with van der Waals surface area (Å²) in [6.07, 6.45) is 1.81. The number of hydrogen-bond donors (Lipinski definition) is 1. The van der Waals surface area contributed by atoms with Gasteiger partial charge in [-0.15, -0.1) is 0 Å². The normalized spacial score (nSPS) is 14.9. The smallest absolute Gasteiger partial charge is 0.132 e. The summed E-state index contributed by atoms with van der Waals surface area (Å²) in [7, 11) is 0. The van der Waals surface area contributed by atoms with E-state index in [1.54, 1.807) is 0 Å². The number of halogens is 3. The molecule has 0 aromatic heterocycles. The zero-order valence-electron chi connectivity index (χ0n) is 9.43. The first-order valence-corrected chi connectivity index (χ1v) is 6.16. The summed E-state index contributed by atoms with van der Waals surface area (Å²) in [5, 5.41) is 0. The van der Waals surface area contributed by atoms with Crippen molar-refractivity contribution in [3.63, 3.8) is 0 Å². The first-order valence-electron chi connectivity index (χ1n) is 5.37. The molecule has 0 radical (unpaired) electrons. The van der Waals surface area contributed by atoms with Gasteiger partial charge in [-0.3, -0.25) is 0 Å². The van der Waals surface area contributed by atoms with Crippen LogP contribution in [0.4, 0.5) is 8.78 Å². The molecule has 1 nitrogen and oxygen atoms in total. The van der Waals surface area contributed by atoms with Crippen LogP contribution in [0.1, 0.15) is 38.3 Å². The van der Waals surface area contributed by atoms with Crippen LogP contribution in [0.15, 0.2) is 16.6 Å². The molecule has 0 aliphatic carbocycles. The van der Waals surface area contributed by atoms with E-state index in [-0.39, 0.29) is 11.5 Å². The van der Waals surface area contributed by atoms with Crippen LogP contribution in [0.25, 0.3) is 0 Å². The summed E-state index contributed by atoms with van der Waals surface area (Å²) in [4.78, 5) is 0. The summed E-state index contributed by atoms with van der Waals surface area (Å²) in [6.45, 7) is 3.94. The van der Waals surface area contributed by atoms with Crippen LogP contribution in [0.5, 0.6) is 0 Å². The minimum absolute atomic E-state index is 0.0100. The van der Waals surface area contributed by atoms with Crippen molar-refractivity contribution in [3.05, 3.63) is 33.8 Å². The molecule has 1 rings (SSSR count). The Kier molecular flexibility index (Phi) is 4.87. The second-order valence-corrected chi connectivity index (χ2v) is 4.99. The third-order valence-electron chi connectivity index (χ3n) is 2.73. The lowest BCUT2D eigenvalue weighted by molar-refractivity contribution is 0.403. The zero-order valence-corrected chi connectivity index (χ0v) is 11.0. The van der Waals surface area contributed by atoms with E-state index in [0.29, 0.717) is 4.47 Å². The largest absolute Gasteiger partial charge is 0.324 e. The molecule has 0 amide bonds. The summed E-state index contributed by atoms with van der Waals surface area (Å²) in [5.41, 5.74) is 5.87. The molecule has 2 N–H and O–H groups in total. The Morgan fingerprint density at radius 1 is 1.31 bits per heavy atom. The second kappa shape index (κ2) is 5.73. The van der Waals surface area contributed by atoms with Crippen LogP contribution < -0.4 is 5.73 Å². The van der Waals surface area contributed by atoms with Crippen molar-refractivity contribution in [2.45, 2.75) is 32.7 Å². The molecule has 0 heterocycles. The van der Waals surface area contributed by atoms with Crippen molar-refractivity contribution in [3.8, 4) is 0 Å². The van der Waals surface area contributed by atoms with Crippen molar-refractivity contribution >= 4 is 15.9 Å². The SMILES string of the molecule is CCCC(C)C(N)c1c(F)cc(Br)cc1F. The highest BCUT2D eigenvalue weighted by Crippen LogP contribution is 2.29. The Morgan fingerprint density at radius 3 is 2.25 bits per heavy atom. The first-order chi connectivity index (χ1) is 7.47. The minimum Gasteiger partial charge on any atom is -0.324 e. The molecule has 1 aromatic carbocycles. The molecular formula is C12H16BrF2N. The second-order valence-electron chi connectivity index (χ2n) is 4.07. The van der Waals surface area contributed by atoms with E-state index >= 15 is 0 Å². The fraction of sp³-hybridized carbons (Fsp3) is 0.500. The van der Waals surface area contributed by atoms with Gasteiger partial charge in [0.15, 0.2) is 0 Å². The minimum atomic E-state index is -0.590. The van der Waals surface area contributed by atoms with E-state index < -0.39 is 17.7 Å². The molecule has 4 heteroatoms. The molecular weight excluding hydrogens is 276 g/mol. The number of benzene rings is 1. The van der Waals surface area contributed by atoms with Gasteiger partial charge in [0.2, 0.25) is 0 Å². The van der Waals surface area contributed by atoms with Gasteiger partial charge >= 0.3 is 0 Å². The van der Waals surface area contributed by atoms with Crippen LogP contribution in [0.2, 0.25) is 0 Å². The highest BCUT2D eigenvalue weighted by Gasteiger charge is 2.22. The zero-order chi connectivity index (χ0) is 12.3. The molecule has 1 aromatic rings. The molecule has 2 atom stereocenters. The first kappa shape index (κ1) is 13.6. The van der Waals surface area contributed by atoms with Gasteiger partial charge in [-0.2, -0.15) is 0 Å². The Labute approximate surface area is 103 Å². The predicted octanol–water partition coefficient (Wildman–Crippen LogP) is 4.16. The molecule has 0 spiro atoms. The topological polar surface area (TPSA) is 26.0 Å². The average Bonchev–Trinajstić information content (AvgIpc) is 2.16. The summed E-state index contributed by atoms with van der Waals surface area (Å²) in [6, 6.07) is 1.90. The number of hydrogen-bond acceptors (Lipinski definition) is 1. The van der Waals surface area contributed by atoms with Gasteiger partial charge < -0.3 is 5.73 Å². The Bertz CT molecular complexity index is 345. The lowest BCUT2D eigenvalue weighted by atomic mass is 9.91. The van der Waals surface area contributed by atoms with Gasteiger partial charge in [0.1, 0.15) is 11.6 Å². The molecule has 0 bridgehead atoms. The highest BCUT2D eigenvalue weighted by molar-refractivity contribution is 9.10. The van der Waals surface area contributed by atoms with Gasteiger partial charge in [-0.05, 0) is 24.5 Å². The fourth-order valence-corrected chi connectivity index (χ4v) is 2.19. The van der Waals surface area contributed by atoms with Crippen molar-refractivity contribution < 1.29 is 8.78 Å². The number of rotatable bonds is 4. The van der Waals surface area contributed by atoms with Gasteiger partial charge in [0, 0.05) is 16.1 Å². The molecule has 0 aliphatic rings. The molecule has 16 heavy (non-hydrogen) atoms. The maximum Gasteiger partial charge on any atom is 0.132 e. The van der Waals surface area contributed by atoms with Crippen molar-refractivity contribution in [1.29, 1.82) is 0 Å². The van der Waals surface area contributed by atoms with Crippen LogP contribution in [0.3, 0.4) is 0 Å². The van der Waals surface area contributed by atoms with E-state index in [2.05, 4.69) is 15.9 Å². The fourth-order valence-electron chi connectivity index (χ4n) is 1.79. The lowest BCUT2D eigenvalue weighted by Gasteiger charge is -2.20. The van der Waals surface area contributed by atoms with Crippen LogP contribution in [-0.2, 0) is 0 Å². The van der Waals surface area contributed by atoms with Crippen molar-refractivity contribution in [2.24, 2.45) is 11.7 Å². The molecule has 2 unspecified atom stereocenters. The highest BCUT2D eigenvalue weighted by atomic mass is 79.9. The maximum absolute atomic E-state index is 13.6. The van der Waals surface area contributed by atoms with Gasteiger partial charge in [-0.1, -0.05) is 36.2 Å². The monoisotopic (exact) mass is 291 g/mol. The third-order valence-corrected chi connectivity index (χ3v) is 3.19. The Hall–Kier alpha value is -0.480. The van der Waals surface area contributed by atoms with Crippen LogP contribution in [0, 0.1) is 17.6 Å². The third kappa shape index (κ3) is 3.01. The van der Waals surface area contributed by atoms with Gasteiger partial charge in [0.05, 0.1) is 0 Å². The van der Waals surface area contributed by atoms with E-state index in [1.165, 1.54) is 12.1 Å². The number of nitrogens with two attached hydrogens (primary N) is 1. The van der Waals surface area contributed by atoms with Gasteiger partial charge in [-0.25, -0.2) is 8.78 Å². The average molecular weight is 292 g/mol. The maximum atomic E-state index is 13.6. The molecule has 0 fully saturated rings. The predicted molar refractivity (Wildman–Crippen MR) is 65.1 cm³/mol. The van der Waals surface area contributed by atoms with E-state index in [0.717, 1.165) is 12.8 Å². The quantitative estimate of drug-likeness (QED) is 0.885. The van der Waals surface area contributed by atoms with Crippen molar-refractivity contribution in [1.82, 2.24) is 0 Å². The molecule has 0 saturated heterocycles. The van der Waals surface area contributed by atoms with Crippen molar-refractivity contribution in [2.75, 3.05) is 0 Å². The molecule has 0 saturated carbocycles. The molecule has 0 aliphatic heterocycles. The van der Waals surface area contributed by atoms with E-state index in [1.807, 2.05) is 13.8 Å². The van der Waals surface area contributed by atoms with Crippen LogP contribution >= 0.6 is 15.9 Å². The Morgan fingerprint density at radius 2 is 1.81 bits per heavy atom. The van der Waals surface area contributed by atoms with E-state index in [4.69, 9.17) is 5.73 Å². The van der Waals surface area contributed by atoms with E-state index in [9.17, 15) is 8.78 Å². The summed E-state index contributed by atoms with van der Waals surface area (Å²) in [5.74, 6) is -1.10. The molecule has 90 valence electrons. The van der Waals surface area contributed by atoms with Crippen LogP contribution in [-0.4, -0.2) is 0 Å². The van der Waals surface area contributed by atoms with Gasteiger partial charge in [0.25, 0.3) is 0 Å². The lowest BCUT2D eigenvalue weighted by Crippen LogP contribution is -2.21.